The molecule has 0 atom stereocenters. The molecule has 1 saturated heterocycles. The lowest BCUT2D eigenvalue weighted by Crippen LogP contribution is -2.59. The number of hydrogen-bond donors (Lipinski definition) is 1. The lowest BCUT2D eigenvalue weighted by Gasteiger charge is -2.41. The predicted octanol–water partition coefficient (Wildman–Crippen LogP) is 1.82. The van der Waals surface area contributed by atoms with Crippen molar-refractivity contribution in [2.45, 2.75) is 24.3 Å². The Morgan fingerprint density at radius 2 is 2.11 bits per heavy atom. The van der Waals surface area contributed by atoms with E-state index in [0.29, 0.717) is 24.5 Å². The van der Waals surface area contributed by atoms with E-state index in [9.17, 15) is 8.42 Å². The van der Waals surface area contributed by atoms with E-state index in [2.05, 4.69) is 21.2 Å². The Kier molecular flexibility index (Phi) is 3.82. The number of nitrogens with one attached hydrogen (secondary N) is 1. The van der Waals surface area contributed by atoms with Crippen LogP contribution in [0.4, 0.5) is 0 Å². The van der Waals surface area contributed by atoms with Crippen molar-refractivity contribution in [2.75, 3.05) is 19.6 Å². The fraction of sp³-hybridized carbons (Fsp3) is 0.500. The summed E-state index contributed by atoms with van der Waals surface area (Å²) in [4.78, 5) is 0.340. The highest BCUT2D eigenvalue weighted by molar-refractivity contribution is 9.10. The van der Waals surface area contributed by atoms with Gasteiger partial charge in [-0.3, -0.25) is 0 Å². The van der Waals surface area contributed by atoms with Gasteiger partial charge in [-0.1, -0.05) is 22.0 Å². The molecule has 1 fully saturated rings. The fourth-order valence-corrected chi connectivity index (χ4v) is 4.54. The summed E-state index contributed by atoms with van der Waals surface area (Å²) in [7, 11) is -3.43. The predicted molar refractivity (Wildman–Crippen MR) is 75.0 cm³/mol. The van der Waals surface area contributed by atoms with E-state index in [-0.39, 0.29) is 0 Å². The Bertz CT molecular complexity index is 543. The van der Waals surface area contributed by atoms with E-state index in [0.717, 1.165) is 4.47 Å². The van der Waals surface area contributed by atoms with E-state index < -0.39 is 15.6 Å². The van der Waals surface area contributed by atoms with Crippen molar-refractivity contribution in [1.29, 1.82) is 0 Å². The molecule has 18 heavy (non-hydrogen) atoms. The third-order valence-corrected chi connectivity index (χ3v) is 5.71. The van der Waals surface area contributed by atoms with Crippen molar-refractivity contribution >= 4 is 26.0 Å². The molecule has 100 valence electrons. The average molecular weight is 333 g/mol. The number of halogens is 1. The minimum atomic E-state index is -3.43. The van der Waals surface area contributed by atoms with Crippen LogP contribution in [0.15, 0.2) is 33.6 Å². The van der Waals surface area contributed by atoms with Crippen molar-refractivity contribution in [2.24, 2.45) is 0 Å². The summed E-state index contributed by atoms with van der Waals surface area (Å²) in [5.74, 6) is 0. The average Bonchev–Trinajstić information content (AvgIpc) is 2.28. The van der Waals surface area contributed by atoms with E-state index >= 15 is 0 Å². The Labute approximate surface area is 117 Å². The number of piperazine rings is 1. The fourth-order valence-electron chi connectivity index (χ4n) is 2.17. The molecule has 1 N–H and O–H groups in total. The van der Waals surface area contributed by atoms with Crippen LogP contribution in [0.1, 0.15) is 13.8 Å². The SMILES string of the molecule is CC1(C)CNCCN1S(=O)(=O)c1cccc(Br)c1. The van der Waals surface area contributed by atoms with Crippen LogP contribution in [0, 0.1) is 0 Å². The minimum Gasteiger partial charge on any atom is -0.314 e. The van der Waals surface area contributed by atoms with Crippen LogP contribution in [-0.4, -0.2) is 37.9 Å². The van der Waals surface area contributed by atoms with E-state index in [4.69, 9.17) is 0 Å². The lowest BCUT2D eigenvalue weighted by atomic mass is 10.0. The maximum atomic E-state index is 12.6. The maximum Gasteiger partial charge on any atom is 0.243 e. The molecule has 0 radical (unpaired) electrons. The molecule has 0 saturated carbocycles. The second-order valence-corrected chi connectivity index (χ2v) is 7.80. The van der Waals surface area contributed by atoms with Gasteiger partial charge in [0, 0.05) is 29.6 Å². The van der Waals surface area contributed by atoms with Crippen molar-refractivity contribution in [3.8, 4) is 0 Å². The zero-order valence-corrected chi connectivity index (χ0v) is 12.9. The van der Waals surface area contributed by atoms with Gasteiger partial charge in [-0.05, 0) is 32.0 Å². The highest BCUT2D eigenvalue weighted by Gasteiger charge is 2.38. The molecule has 1 aliphatic heterocycles. The summed E-state index contributed by atoms with van der Waals surface area (Å²) in [5.41, 5.74) is -0.403. The number of rotatable bonds is 2. The molecule has 6 heteroatoms. The van der Waals surface area contributed by atoms with Gasteiger partial charge >= 0.3 is 0 Å². The van der Waals surface area contributed by atoms with Gasteiger partial charge in [0.15, 0.2) is 0 Å². The topological polar surface area (TPSA) is 49.4 Å². The van der Waals surface area contributed by atoms with Crippen LogP contribution >= 0.6 is 15.9 Å². The summed E-state index contributed by atoms with van der Waals surface area (Å²) in [6.07, 6.45) is 0. The Balaban J connectivity index is 2.42. The molecule has 1 aliphatic rings. The van der Waals surface area contributed by atoms with Crippen molar-refractivity contribution < 1.29 is 8.42 Å². The molecule has 0 aromatic heterocycles. The maximum absolute atomic E-state index is 12.6. The number of sulfonamides is 1. The van der Waals surface area contributed by atoms with Gasteiger partial charge in [0.05, 0.1) is 4.90 Å². The molecule has 0 unspecified atom stereocenters. The molecular weight excluding hydrogens is 316 g/mol. The van der Waals surface area contributed by atoms with Crippen molar-refractivity contribution in [3.63, 3.8) is 0 Å². The largest absolute Gasteiger partial charge is 0.314 e. The van der Waals surface area contributed by atoms with Gasteiger partial charge < -0.3 is 5.32 Å². The smallest absolute Gasteiger partial charge is 0.243 e. The van der Waals surface area contributed by atoms with Gasteiger partial charge in [0.1, 0.15) is 0 Å². The normalized spacial score (nSPS) is 20.8. The molecule has 0 amide bonds. The quantitative estimate of drug-likeness (QED) is 0.898. The highest BCUT2D eigenvalue weighted by atomic mass is 79.9. The first kappa shape index (κ1) is 14.0. The number of nitrogens with zero attached hydrogens (tertiary/aromatic N) is 1. The second-order valence-electron chi connectivity index (χ2n) is 5.02. The summed E-state index contributed by atoms with van der Waals surface area (Å²) in [5, 5.41) is 3.22. The molecule has 0 bridgehead atoms. The van der Waals surface area contributed by atoms with E-state index in [1.165, 1.54) is 0 Å². The molecule has 1 aromatic carbocycles. The third-order valence-electron chi connectivity index (χ3n) is 3.11. The van der Waals surface area contributed by atoms with Crippen molar-refractivity contribution in [1.82, 2.24) is 9.62 Å². The molecule has 4 nitrogen and oxygen atoms in total. The summed E-state index contributed by atoms with van der Waals surface area (Å²) >= 11 is 3.31. The first-order valence-electron chi connectivity index (χ1n) is 5.83. The van der Waals surface area contributed by atoms with E-state index in [1.54, 1.807) is 22.5 Å². The highest BCUT2D eigenvalue weighted by Crippen LogP contribution is 2.27. The van der Waals surface area contributed by atoms with Crippen LogP contribution in [0.5, 0.6) is 0 Å². The molecular formula is C12H17BrN2O2S. The van der Waals surface area contributed by atoms with Gasteiger partial charge in [-0.2, -0.15) is 4.31 Å². The van der Waals surface area contributed by atoms with Crippen LogP contribution in [0.3, 0.4) is 0 Å². The van der Waals surface area contributed by atoms with Crippen LogP contribution in [-0.2, 0) is 10.0 Å². The molecule has 1 aromatic rings. The number of hydrogen-bond acceptors (Lipinski definition) is 3. The van der Waals surface area contributed by atoms with Gasteiger partial charge in [0.25, 0.3) is 0 Å². The summed E-state index contributed by atoms with van der Waals surface area (Å²) < 4.78 is 27.6. The first-order chi connectivity index (χ1) is 8.34. The summed E-state index contributed by atoms with van der Waals surface area (Å²) in [6, 6.07) is 6.85. The monoisotopic (exact) mass is 332 g/mol. The second kappa shape index (κ2) is 4.92. The van der Waals surface area contributed by atoms with Gasteiger partial charge in [-0.15, -0.1) is 0 Å². The Morgan fingerprint density at radius 3 is 2.72 bits per heavy atom. The Morgan fingerprint density at radius 1 is 1.39 bits per heavy atom. The third kappa shape index (κ3) is 2.61. The molecule has 0 spiro atoms. The lowest BCUT2D eigenvalue weighted by molar-refractivity contribution is 0.186. The zero-order valence-electron chi connectivity index (χ0n) is 10.5. The van der Waals surface area contributed by atoms with Crippen LogP contribution in [0.2, 0.25) is 0 Å². The van der Waals surface area contributed by atoms with Crippen molar-refractivity contribution in [3.05, 3.63) is 28.7 Å². The van der Waals surface area contributed by atoms with Crippen LogP contribution < -0.4 is 5.32 Å². The number of benzene rings is 1. The molecule has 1 heterocycles. The van der Waals surface area contributed by atoms with E-state index in [1.807, 2.05) is 19.9 Å². The minimum absolute atomic E-state index is 0.340. The molecule has 2 rings (SSSR count). The Hall–Kier alpha value is -0.430. The van der Waals surface area contributed by atoms with Crippen LogP contribution in [0.25, 0.3) is 0 Å². The molecule has 0 aliphatic carbocycles. The van der Waals surface area contributed by atoms with Gasteiger partial charge in [-0.25, -0.2) is 8.42 Å². The first-order valence-corrected chi connectivity index (χ1v) is 8.06. The zero-order chi connectivity index (χ0) is 13.4. The standard InChI is InChI=1S/C12H17BrN2O2S/c1-12(2)9-14-6-7-15(12)18(16,17)11-5-3-4-10(13)8-11/h3-5,8,14H,6-7,9H2,1-2H3. The van der Waals surface area contributed by atoms with Gasteiger partial charge in [0.2, 0.25) is 10.0 Å². The summed E-state index contributed by atoms with van der Waals surface area (Å²) in [6.45, 7) is 5.74.